The van der Waals surface area contributed by atoms with Gasteiger partial charge in [-0.2, -0.15) is 0 Å². The molecule has 0 aliphatic carbocycles. The van der Waals surface area contributed by atoms with E-state index in [4.69, 9.17) is 4.74 Å². The van der Waals surface area contributed by atoms with E-state index < -0.39 is 10.8 Å². The third kappa shape index (κ3) is 4.45. The third-order valence-corrected chi connectivity index (χ3v) is 6.15. The van der Waals surface area contributed by atoms with Crippen molar-refractivity contribution in [2.45, 2.75) is 13.5 Å². The molecule has 0 unspecified atom stereocenters. The van der Waals surface area contributed by atoms with Gasteiger partial charge < -0.3 is 14.5 Å². The molecule has 1 saturated heterocycles. The lowest BCUT2D eigenvalue weighted by Crippen LogP contribution is -2.47. The standard InChI is InChI=1S/C24H26N4O5/c1-3-25-12-14-26(15-13-25)22-21(18-6-8-19(9-7-18)28(31)32)23(29)27(24(22)30)16-17-4-10-20(33-2)11-5-17/h4-11H,3,12-16H2,1-2H3. The van der Waals surface area contributed by atoms with Crippen molar-refractivity contribution in [3.05, 3.63) is 75.5 Å². The Morgan fingerprint density at radius 1 is 0.939 bits per heavy atom. The first-order chi connectivity index (χ1) is 15.9. The van der Waals surface area contributed by atoms with Crippen molar-refractivity contribution < 1.29 is 19.2 Å². The van der Waals surface area contributed by atoms with Gasteiger partial charge >= 0.3 is 0 Å². The van der Waals surface area contributed by atoms with Crippen LogP contribution in [0.3, 0.4) is 0 Å². The van der Waals surface area contributed by atoms with Gasteiger partial charge in [0.2, 0.25) is 0 Å². The number of nitro groups is 1. The van der Waals surface area contributed by atoms with E-state index in [9.17, 15) is 19.7 Å². The number of likely N-dealkylation sites (N-methyl/N-ethyl adjacent to an activating group) is 1. The first kappa shape index (κ1) is 22.5. The van der Waals surface area contributed by atoms with Crippen LogP contribution < -0.4 is 4.74 Å². The first-order valence-corrected chi connectivity index (χ1v) is 10.9. The summed E-state index contributed by atoms with van der Waals surface area (Å²) < 4.78 is 5.18. The van der Waals surface area contributed by atoms with E-state index in [0.717, 1.165) is 25.2 Å². The summed E-state index contributed by atoms with van der Waals surface area (Å²) in [7, 11) is 1.58. The minimum absolute atomic E-state index is 0.0654. The molecule has 4 rings (SSSR count). The smallest absolute Gasteiger partial charge is 0.278 e. The molecule has 0 N–H and O–H groups in total. The maximum Gasteiger partial charge on any atom is 0.278 e. The summed E-state index contributed by atoms with van der Waals surface area (Å²) >= 11 is 0. The number of ether oxygens (including phenoxy) is 1. The minimum Gasteiger partial charge on any atom is -0.497 e. The number of piperazine rings is 1. The van der Waals surface area contributed by atoms with E-state index in [2.05, 4.69) is 11.8 Å². The zero-order valence-electron chi connectivity index (χ0n) is 18.7. The lowest BCUT2D eigenvalue weighted by molar-refractivity contribution is -0.384. The highest BCUT2D eigenvalue weighted by atomic mass is 16.6. The average molecular weight is 450 g/mol. The van der Waals surface area contributed by atoms with Crippen molar-refractivity contribution in [2.24, 2.45) is 0 Å². The summed E-state index contributed by atoms with van der Waals surface area (Å²) in [6.07, 6.45) is 0. The number of nitro benzene ring substituents is 1. The molecule has 2 aromatic carbocycles. The molecule has 9 nitrogen and oxygen atoms in total. The number of nitrogens with zero attached hydrogens (tertiary/aromatic N) is 4. The molecule has 33 heavy (non-hydrogen) atoms. The molecule has 2 heterocycles. The predicted molar refractivity (Wildman–Crippen MR) is 122 cm³/mol. The van der Waals surface area contributed by atoms with E-state index in [1.807, 2.05) is 17.0 Å². The van der Waals surface area contributed by atoms with Gasteiger partial charge in [-0.1, -0.05) is 19.1 Å². The fraction of sp³-hybridized carbons (Fsp3) is 0.333. The summed E-state index contributed by atoms with van der Waals surface area (Å²) in [5, 5.41) is 11.1. The van der Waals surface area contributed by atoms with Crippen LogP contribution in [0.15, 0.2) is 54.2 Å². The number of carbonyl (C=O) groups is 2. The van der Waals surface area contributed by atoms with Crippen LogP contribution in [-0.2, 0) is 16.1 Å². The van der Waals surface area contributed by atoms with E-state index >= 15 is 0 Å². The molecule has 9 heteroatoms. The molecule has 2 aliphatic heterocycles. The van der Waals surface area contributed by atoms with Crippen LogP contribution in [-0.4, -0.2) is 71.3 Å². The Labute approximate surface area is 192 Å². The summed E-state index contributed by atoms with van der Waals surface area (Å²) in [5.74, 6) is -0.0382. The highest BCUT2D eigenvalue weighted by Crippen LogP contribution is 2.34. The van der Waals surface area contributed by atoms with E-state index in [-0.39, 0.29) is 18.1 Å². The fourth-order valence-corrected chi connectivity index (χ4v) is 4.21. The fourth-order valence-electron chi connectivity index (χ4n) is 4.21. The number of amides is 2. The van der Waals surface area contributed by atoms with Gasteiger partial charge in [-0.05, 0) is 41.9 Å². The van der Waals surface area contributed by atoms with Crippen LogP contribution >= 0.6 is 0 Å². The Morgan fingerprint density at radius 2 is 1.58 bits per heavy atom. The predicted octanol–water partition coefficient (Wildman–Crippen LogP) is 2.52. The summed E-state index contributed by atoms with van der Waals surface area (Å²) in [6.45, 7) is 6.03. The Kier molecular flexibility index (Phi) is 6.41. The normalized spacial score (nSPS) is 17.2. The van der Waals surface area contributed by atoms with E-state index in [0.29, 0.717) is 35.7 Å². The maximum atomic E-state index is 13.5. The van der Waals surface area contributed by atoms with Crippen LogP contribution in [0.2, 0.25) is 0 Å². The van der Waals surface area contributed by atoms with Crippen LogP contribution in [0.4, 0.5) is 5.69 Å². The molecule has 0 saturated carbocycles. The van der Waals surface area contributed by atoms with E-state index in [1.54, 1.807) is 19.2 Å². The van der Waals surface area contributed by atoms with Crippen molar-refractivity contribution in [2.75, 3.05) is 39.8 Å². The van der Waals surface area contributed by atoms with Gasteiger partial charge in [-0.3, -0.25) is 24.6 Å². The summed E-state index contributed by atoms with van der Waals surface area (Å²) in [5.41, 5.74) is 1.91. The van der Waals surface area contributed by atoms with Gasteiger partial charge in [0.15, 0.2) is 0 Å². The van der Waals surface area contributed by atoms with Crippen molar-refractivity contribution in [1.82, 2.24) is 14.7 Å². The average Bonchev–Trinajstić information content (AvgIpc) is 3.09. The minimum atomic E-state index is -0.485. The topological polar surface area (TPSA) is 96.2 Å². The van der Waals surface area contributed by atoms with Gasteiger partial charge in [-0.25, -0.2) is 0 Å². The van der Waals surface area contributed by atoms with Crippen molar-refractivity contribution >= 4 is 23.1 Å². The second-order valence-corrected chi connectivity index (χ2v) is 7.99. The number of imide groups is 1. The number of carbonyl (C=O) groups excluding carboxylic acids is 2. The van der Waals surface area contributed by atoms with Crippen molar-refractivity contribution in [3.8, 4) is 5.75 Å². The quantitative estimate of drug-likeness (QED) is 0.363. The largest absolute Gasteiger partial charge is 0.497 e. The molecular formula is C24H26N4O5. The Hall–Kier alpha value is -3.72. The summed E-state index contributed by atoms with van der Waals surface area (Å²) in [6, 6.07) is 13.0. The number of non-ortho nitro benzene ring substituents is 1. The molecule has 0 bridgehead atoms. The SMILES string of the molecule is CCN1CCN(C2=C(c3ccc([N+](=O)[O-])cc3)C(=O)N(Cc3ccc(OC)cc3)C2=O)CC1. The lowest BCUT2D eigenvalue weighted by Gasteiger charge is -2.36. The summed E-state index contributed by atoms with van der Waals surface area (Å²) in [4.78, 5) is 43.1. The molecule has 1 fully saturated rings. The van der Waals surface area contributed by atoms with Crippen LogP contribution in [0, 0.1) is 10.1 Å². The highest BCUT2D eigenvalue weighted by molar-refractivity contribution is 6.35. The van der Waals surface area contributed by atoms with Gasteiger partial charge in [0.05, 0.1) is 24.2 Å². The van der Waals surface area contributed by atoms with Crippen LogP contribution in [0.25, 0.3) is 5.57 Å². The number of benzene rings is 2. The zero-order chi connectivity index (χ0) is 23.5. The highest BCUT2D eigenvalue weighted by Gasteiger charge is 2.42. The molecule has 0 aromatic heterocycles. The first-order valence-electron chi connectivity index (χ1n) is 10.9. The maximum absolute atomic E-state index is 13.5. The second kappa shape index (κ2) is 9.41. The number of methoxy groups -OCH3 is 1. The Balaban J connectivity index is 1.68. The van der Waals surface area contributed by atoms with Gasteiger partial charge in [0.1, 0.15) is 11.4 Å². The molecule has 0 radical (unpaired) electrons. The zero-order valence-corrected chi connectivity index (χ0v) is 18.7. The molecule has 0 spiro atoms. The Morgan fingerprint density at radius 3 is 2.12 bits per heavy atom. The van der Waals surface area contributed by atoms with Gasteiger partial charge in [0, 0.05) is 38.3 Å². The van der Waals surface area contributed by atoms with Crippen molar-refractivity contribution in [3.63, 3.8) is 0 Å². The second-order valence-electron chi connectivity index (χ2n) is 7.99. The van der Waals surface area contributed by atoms with Crippen molar-refractivity contribution in [1.29, 1.82) is 0 Å². The van der Waals surface area contributed by atoms with E-state index in [1.165, 1.54) is 29.2 Å². The van der Waals surface area contributed by atoms with Crippen LogP contribution in [0.1, 0.15) is 18.1 Å². The molecule has 172 valence electrons. The van der Waals surface area contributed by atoms with Gasteiger partial charge in [0.25, 0.3) is 17.5 Å². The molecule has 2 amide bonds. The lowest BCUT2D eigenvalue weighted by atomic mass is 10.0. The number of rotatable bonds is 7. The molecule has 0 atom stereocenters. The number of hydrogen-bond acceptors (Lipinski definition) is 7. The Bertz CT molecular complexity index is 1090. The molecule has 2 aliphatic rings. The van der Waals surface area contributed by atoms with Crippen LogP contribution in [0.5, 0.6) is 5.75 Å². The monoisotopic (exact) mass is 450 g/mol. The molecule has 2 aromatic rings. The number of hydrogen-bond donors (Lipinski definition) is 0. The molecular weight excluding hydrogens is 424 g/mol. The third-order valence-electron chi connectivity index (χ3n) is 6.15. The van der Waals surface area contributed by atoms with Gasteiger partial charge in [-0.15, -0.1) is 0 Å².